The van der Waals surface area contributed by atoms with Gasteiger partial charge in [0.2, 0.25) is 0 Å². The van der Waals surface area contributed by atoms with Gasteiger partial charge in [-0.2, -0.15) is 0 Å². The van der Waals surface area contributed by atoms with E-state index in [9.17, 15) is 9.90 Å². The highest BCUT2D eigenvalue weighted by Gasteiger charge is 2.51. The van der Waals surface area contributed by atoms with E-state index in [0.29, 0.717) is 12.0 Å². The molecule has 0 aromatic rings. The molecule has 3 aliphatic rings. The molecule has 3 aliphatic carbocycles. The van der Waals surface area contributed by atoms with E-state index in [4.69, 9.17) is 0 Å². The highest BCUT2D eigenvalue weighted by atomic mass is 16.4. The summed E-state index contributed by atoms with van der Waals surface area (Å²) < 4.78 is 0. The van der Waals surface area contributed by atoms with Crippen LogP contribution in [0.5, 0.6) is 0 Å². The second-order valence-electron chi connectivity index (χ2n) is 7.14. The van der Waals surface area contributed by atoms with E-state index in [2.05, 4.69) is 17.3 Å². The summed E-state index contributed by atoms with van der Waals surface area (Å²) >= 11 is 0. The molecule has 20 heavy (non-hydrogen) atoms. The molecule has 4 nitrogen and oxygen atoms in total. The average molecular weight is 280 g/mol. The summed E-state index contributed by atoms with van der Waals surface area (Å²) in [5.74, 6) is -0.304. The topological polar surface area (TPSA) is 52.6 Å². The van der Waals surface area contributed by atoms with Gasteiger partial charge in [0.15, 0.2) is 0 Å². The lowest BCUT2D eigenvalue weighted by Crippen LogP contribution is -2.56. The van der Waals surface area contributed by atoms with Crippen LogP contribution in [-0.2, 0) is 4.79 Å². The van der Waals surface area contributed by atoms with Gasteiger partial charge in [0.05, 0.1) is 0 Å². The Hall–Kier alpha value is -0.610. The minimum absolute atomic E-state index is 0.308. The summed E-state index contributed by atoms with van der Waals surface area (Å²) in [7, 11) is 2.20. The van der Waals surface area contributed by atoms with Crippen LogP contribution in [0.25, 0.3) is 0 Å². The first-order valence-electron chi connectivity index (χ1n) is 8.33. The lowest BCUT2D eigenvalue weighted by atomic mass is 9.83. The summed E-state index contributed by atoms with van der Waals surface area (Å²) in [6.07, 6.45) is 10.3. The Morgan fingerprint density at radius 3 is 2.55 bits per heavy atom. The molecule has 2 atom stereocenters. The minimum Gasteiger partial charge on any atom is -0.480 e. The van der Waals surface area contributed by atoms with Gasteiger partial charge < -0.3 is 10.0 Å². The van der Waals surface area contributed by atoms with Crippen LogP contribution >= 0.6 is 0 Å². The lowest BCUT2D eigenvalue weighted by Gasteiger charge is -2.37. The van der Waals surface area contributed by atoms with Crippen molar-refractivity contribution >= 4 is 5.97 Å². The average Bonchev–Trinajstić information content (AvgIpc) is 3.03. The highest BCUT2D eigenvalue weighted by molar-refractivity contribution is 5.80. The molecule has 3 rings (SSSR count). The van der Waals surface area contributed by atoms with E-state index in [1.807, 2.05) is 0 Å². The Bertz CT molecular complexity index is 365. The quantitative estimate of drug-likeness (QED) is 0.751. The zero-order valence-corrected chi connectivity index (χ0v) is 12.6. The van der Waals surface area contributed by atoms with Gasteiger partial charge in [0.1, 0.15) is 5.54 Å². The smallest absolute Gasteiger partial charge is 0.324 e. The summed E-state index contributed by atoms with van der Waals surface area (Å²) in [6.45, 7) is 1.05. The predicted octanol–water partition coefficient (Wildman–Crippen LogP) is 2.24. The normalized spacial score (nSPS) is 34.4. The van der Waals surface area contributed by atoms with E-state index in [1.165, 1.54) is 19.3 Å². The molecule has 4 heteroatoms. The van der Waals surface area contributed by atoms with E-state index in [0.717, 1.165) is 51.1 Å². The molecule has 2 unspecified atom stereocenters. The lowest BCUT2D eigenvalue weighted by molar-refractivity contribution is -0.147. The first-order valence-corrected chi connectivity index (χ1v) is 8.33. The number of rotatable bonds is 7. The van der Waals surface area contributed by atoms with Gasteiger partial charge in [-0.1, -0.05) is 12.8 Å². The van der Waals surface area contributed by atoms with Gasteiger partial charge in [0, 0.05) is 12.1 Å². The molecule has 114 valence electrons. The van der Waals surface area contributed by atoms with Gasteiger partial charge in [-0.3, -0.25) is 10.1 Å². The van der Waals surface area contributed by atoms with Crippen LogP contribution in [0.3, 0.4) is 0 Å². The van der Waals surface area contributed by atoms with Crippen LogP contribution in [0.2, 0.25) is 0 Å². The fraction of sp³-hybridized carbons (Fsp3) is 0.938. The van der Waals surface area contributed by atoms with E-state index in [-0.39, 0.29) is 0 Å². The van der Waals surface area contributed by atoms with Gasteiger partial charge in [0.25, 0.3) is 0 Å². The molecule has 0 aliphatic heterocycles. The Labute approximate surface area is 121 Å². The molecule has 0 bridgehead atoms. The number of carbonyl (C=O) groups is 1. The zero-order valence-electron chi connectivity index (χ0n) is 12.6. The second kappa shape index (κ2) is 5.64. The molecule has 0 aromatic heterocycles. The molecule has 2 N–H and O–H groups in total. The molecule has 0 aromatic carbocycles. The van der Waals surface area contributed by atoms with Crippen molar-refractivity contribution in [3.8, 4) is 0 Å². The first kappa shape index (κ1) is 14.3. The molecule has 0 saturated heterocycles. The van der Waals surface area contributed by atoms with Crippen molar-refractivity contribution in [3.05, 3.63) is 0 Å². The number of nitrogens with zero attached hydrogens (tertiary/aromatic N) is 1. The van der Waals surface area contributed by atoms with E-state index >= 15 is 0 Å². The number of nitrogens with one attached hydrogen (secondary N) is 1. The second-order valence-corrected chi connectivity index (χ2v) is 7.14. The number of hydrogen-bond donors (Lipinski definition) is 2. The standard InChI is InChI=1S/C16H28N2O2/c1-18(14-5-2-6-14)11-9-12-4-3-10-16(12,15(19)20)17-13-7-8-13/h12-14,17H,2-11H2,1H3,(H,19,20). The third kappa shape index (κ3) is 2.73. The van der Waals surface area contributed by atoms with Crippen LogP contribution in [0.1, 0.15) is 57.8 Å². The Kier molecular flexibility index (Phi) is 4.04. The van der Waals surface area contributed by atoms with Crippen molar-refractivity contribution in [3.63, 3.8) is 0 Å². The van der Waals surface area contributed by atoms with Crippen molar-refractivity contribution in [1.29, 1.82) is 0 Å². The SMILES string of the molecule is CN(CCC1CCCC1(NC1CC1)C(=O)O)C1CCC1. The number of aliphatic carboxylic acids is 1. The monoisotopic (exact) mass is 280 g/mol. The van der Waals surface area contributed by atoms with Crippen LogP contribution in [0, 0.1) is 5.92 Å². The summed E-state index contributed by atoms with van der Waals surface area (Å²) in [4.78, 5) is 14.3. The summed E-state index contributed by atoms with van der Waals surface area (Å²) in [6, 6.07) is 1.23. The third-order valence-corrected chi connectivity index (χ3v) is 5.77. The van der Waals surface area contributed by atoms with Crippen LogP contribution in [0.4, 0.5) is 0 Å². The van der Waals surface area contributed by atoms with Crippen molar-refractivity contribution in [2.24, 2.45) is 5.92 Å². The minimum atomic E-state index is -0.623. The molecule has 0 radical (unpaired) electrons. The fourth-order valence-corrected chi connectivity index (χ4v) is 3.96. The van der Waals surface area contributed by atoms with Crippen molar-refractivity contribution in [1.82, 2.24) is 10.2 Å². The van der Waals surface area contributed by atoms with Crippen molar-refractivity contribution < 1.29 is 9.90 Å². The maximum Gasteiger partial charge on any atom is 0.324 e. The zero-order chi connectivity index (χ0) is 14.2. The van der Waals surface area contributed by atoms with Gasteiger partial charge >= 0.3 is 5.97 Å². The fourth-order valence-electron chi connectivity index (χ4n) is 3.96. The number of hydrogen-bond acceptors (Lipinski definition) is 3. The maximum absolute atomic E-state index is 11.9. The molecule has 0 spiro atoms. The van der Waals surface area contributed by atoms with Crippen LogP contribution in [0.15, 0.2) is 0 Å². The van der Waals surface area contributed by atoms with Gasteiger partial charge in [-0.05, 0) is 64.5 Å². The van der Waals surface area contributed by atoms with E-state index in [1.54, 1.807) is 0 Å². The molecule has 0 heterocycles. The Morgan fingerprint density at radius 1 is 1.25 bits per heavy atom. The van der Waals surface area contributed by atoms with Crippen LogP contribution in [-0.4, -0.2) is 47.2 Å². The largest absolute Gasteiger partial charge is 0.480 e. The number of carboxylic acid groups (broad SMARTS) is 1. The Balaban J connectivity index is 1.58. The van der Waals surface area contributed by atoms with Crippen molar-refractivity contribution in [2.45, 2.75) is 75.4 Å². The maximum atomic E-state index is 11.9. The first-order chi connectivity index (χ1) is 9.62. The van der Waals surface area contributed by atoms with Gasteiger partial charge in [-0.15, -0.1) is 0 Å². The molecule has 3 fully saturated rings. The predicted molar refractivity (Wildman–Crippen MR) is 78.8 cm³/mol. The van der Waals surface area contributed by atoms with Crippen LogP contribution < -0.4 is 5.32 Å². The summed E-state index contributed by atoms with van der Waals surface area (Å²) in [5.41, 5.74) is -0.623. The Morgan fingerprint density at radius 2 is 2.00 bits per heavy atom. The molecular weight excluding hydrogens is 252 g/mol. The summed E-state index contributed by atoms with van der Waals surface area (Å²) in [5, 5.41) is 13.2. The number of carboxylic acids is 1. The van der Waals surface area contributed by atoms with Crippen molar-refractivity contribution in [2.75, 3.05) is 13.6 Å². The third-order valence-electron chi connectivity index (χ3n) is 5.77. The molecular formula is C16H28N2O2. The highest BCUT2D eigenvalue weighted by Crippen LogP contribution is 2.41. The van der Waals surface area contributed by atoms with E-state index < -0.39 is 11.5 Å². The molecule has 0 amide bonds. The molecule has 3 saturated carbocycles. The van der Waals surface area contributed by atoms with Gasteiger partial charge in [-0.25, -0.2) is 0 Å².